The summed E-state index contributed by atoms with van der Waals surface area (Å²) in [6.07, 6.45) is 22.5. The maximum Gasteiger partial charge on any atom is 0.259 e. The number of allylic oxidation sites excluding steroid dienone is 4. The van der Waals surface area contributed by atoms with Gasteiger partial charge in [0.15, 0.2) is 0 Å². The lowest BCUT2D eigenvalue weighted by molar-refractivity contribution is -0.0658. The number of rotatable bonds is 2. The van der Waals surface area contributed by atoms with Gasteiger partial charge in [-0.2, -0.15) is 0 Å². The van der Waals surface area contributed by atoms with Crippen LogP contribution in [0.15, 0.2) is 36.3 Å². The summed E-state index contributed by atoms with van der Waals surface area (Å²) in [6.45, 7) is 2.60. The van der Waals surface area contributed by atoms with E-state index in [0.717, 1.165) is 36.0 Å². The first kappa shape index (κ1) is 16.0. The van der Waals surface area contributed by atoms with E-state index in [-0.39, 0.29) is 6.29 Å². The molecule has 2 nitrogen and oxygen atoms in total. The summed E-state index contributed by atoms with van der Waals surface area (Å²) in [5.74, 6) is 5.97. The molecule has 1 unspecified atom stereocenters. The van der Waals surface area contributed by atoms with Gasteiger partial charge in [0.05, 0.1) is 12.0 Å². The molecule has 0 N–H and O–H groups in total. The first-order valence-corrected chi connectivity index (χ1v) is 10.6. The van der Waals surface area contributed by atoms with E-state index in [1.54, 1.807) is 6.26 Å². The van der Waals surface area contributed by atoms with Gasteiger partial charge in [0.1, 0.15) is 0 Å². The molecule has 0 radical (unpaired) electrons. The van der Waals surface area contributed by atoms with Crippen LogP contribution >= 0.6 is 0 Å². The van der Waals surface area contributed by atoms with Crippen molar-refractivity contribution in [3.05, 3.63) is 36.3 Å². The highest BCUT2D eigenvalue weighted by molar-refractivity contribution is 5.11. The summed E-state index contributed by atoms with van der Waals surface area (Å²) in [7, 11) is 0. The Labute approximate surface area is 152 Å². The van der Waals surface area contributed by atoms with Crippen molar-refractivity contribution in [2.75, 3.05) is 0 Å². The van der Waals surface area contributed by atoms with Gasteiger partial charge in [-0.15, -0.1) is 0 Å². The van der Waals surface area contributed by atoms with Crippen LogP contribution < -0.4 is 0 Å². The van der Waals surface area contributed by atoms with Crippen LogP contribution in [0.3, 0.4) is 0 Å². The van der Waals surface area contributed by atoms with Gasteiger partial charge in [-0.3, -0.25) is 0 Å². The van der Waals surface area contributed by atoms with Crippen molar-refractivity contribution in [3.8, 4) is 0 Å². The minimum absolute atomic E-state index is 0.224. The molecule has 0 spiro atoms. The summed E-state index contributed by atoms with van der Waals surface area (Å²) < 4.78 is 11.6. The lowest BCUT2D eigenvalue weighted by Gasteiger charge is -2.54. The van der Waals surface area contributed by atoms with E-state index in [2.05, 4.69) is 13.0 Å². The van der Waals surface area contributed by atoms with Crippen molar-refractivity contribution in [3.63, 3.8) is 0 Å². The topological polar surface area (TPSA) is 18.5 Å². The van der Waals surface area contributed by atoms with Gasteiger partial charge in [0.25, 0.3) is 6.29 Å². The molecule has 1 heterocycles. The van der Waals surface area contributed by atoms with Crippen LogP contribution in [0.25, 0.3) is 0 Å². The van der Waals surface area contributed by atoms with Crippen LogP contribution in [0.4, 0.5) is 0 Å². The second kappa shape index (κ2) is 6.21. The molecule has 5 rings (SSSR count). The maximum atomic E-state index is 6.10. The smallest absolute Gasteiger partial charge is 0.259 e. The molecule has 0 aromatic rings. The van der Waals surface area contributed by atoms with E-state index in [4.69, 9.17) is 9.47 Å². The second-order valence-electron chi connectivity index (χ2n) is 9.47. The Morgan fingerprint density at radius 2 is 2.00 bits per heavy atom. The van der Waals surface area contributed by atoms with Gasteiger partial charge < -0.3 is 9.47 Å². The Kier molecular flexibility index (Phi) is 3.98. The summed E-state index contributed by atoms with van der Waals surface area (Å²) in [4.78, 5) is 0. The lowest BCUT2D eigenvalue weighted by Crippen LogP contribution is -2.46. The highest BCUT2D eigenvalue weighted by Gasteiger charge is 2.53. The maximum absolute atomic E-state index is 6.10. The molecule has 0 aromatic heterocycles. The zero-order chi connectivity index (χ0) is 16.9. The van der Waals surface area contributed by atoms with Crippen LogP contribution in [0.1, 0.15) is 64.7 Å². The average Bonchev–Trinajstić information content (AvgIpc) is 3.04. The zero-order valence-corrected chi connectivity index (χ0v) is 15.5. The predicted octanol–water partition coefficient (Wildman–Crippen LogP) is 5.97. The fourth-order valence-electron chi connectivity index (χ4n) is 7.14. The molecule has 136 valence electrons. The molecule has 3 saturated carbocycles. The second-order valence-corrected chi connectivity index (χ2v) is 9.47. The Morgan fingerprint density at radius 1 is 1.04 bits per heavy atom. The molecule has 4 aliphatic carbocycles. The molecule has 0 aromatic carbocycles. The Morgan fingerprint density at radius 3 is 2.88 bits per heavy atom. The highest BCUT2D eigenvalue weighted by Crippen LogP contribution is 2.62. The summed E-state index contributed by atoms with van der Waals surface area (Å²) in [6, 6.07) is 0. The Bertz CT molecular complexity index is 603. The minimum atomic E-state index is -0.224. The minimum Gasteiger partial charge on any atom is -0.459 e. The third kappa shape index (κ3) is 2.76. The molecule has 7 atom stereocenters. The van der Waals surface area contributed by atoms with E-state index in [9.17, 15) is 0 Å². The summed E-state index contributed by atoms with van der Waals surface area (Å²) in [5.41, 5.74) is 0.685. The van der Waals surface area contributed by atoms with Gasteiger partial charge >= 0.3 is 0 Å². The van der Waals surface area contributed by atoms with Crippen LogP contribution in [-0.2, 0) is 9.47 Å². The van der Waals surface area contributed by atoms with Crippen molar-refractivity contribution < 1.29 is 9.47 Å². The van der Waals surface area contributed by atoms with Crippen molar-refractivity contribution in [2.45, 2.75) is 71.0 Å². The van der Waals surface area contributed by atoms with Gasteiger partial charge in [-0.05, 0) is 98.2 Å². The fraction of sp³-hybridized carbons (Fsp3) is 0.739. The first-order valence-electron chi connectivity index (χ1n) is 10.6. The SMILES string of the molecule is C[C@@]12CCC[C@H]1[C@@H]1CC[C@H]3CC(OC4C=CC=CO4)=CC[C@@H]3[C@H]1CC2. The van der Waals surface area contributed by atoms with Crippen LogP contribution in [-0.4, -0.2) is 6.29 Å². The lowest BCUT2D eigenvalue weighted by atomic mass is 9.51. The number of fused-ring (bicyclic) bond motifs is 5. The molecule has 2 heteroatoms. The fourth-order valence-corrected chi connectivity index (χ4v) is 7.14. The van der Waals surface area contributed by atoms with Crippen LogP contribution in [0.5, 0.6) is 0 Å². The molecule has 0 amide bonds. The highest BCUT2D eigenvalue weighted by atomic mass is 16.7. The Balaban J connectivity index is 1.28. The van der Waals surface area contributed by atoms with Gasteiger partial charge in [-0.1, -0.05) is 19.4 Å². The van der Waals surface area contributed by atoms with E-state index in [1.165, 1.54) is 57.1 Å². The molecule has 0 saturated heterocycles. The number of ether oxygens (including phenoxy) is 2. The van der Waals surface area contributed by atoms with E-state index < -0.39 is 0 Å². The third-order valence-corrected chi connectivity index (χ3v) is 8.32. The van der Waals surface area contributed by atoms with Gasteiger partial charge in [0, 0.05) is 6.42 Å². The van der Waals surface area contributed by atoms with Crippen molar-refractivity contribution in [2.24, 2.45) is 35.0 Å². The Hall–Kier alpha value is -1.18. The largest absolute Gasteiger partial charge is 0.459 e. The van der Waals surface area contributed by atoms with Crippen molar-refractivity contribution >= 4 is 0 Å². The molecular formula is C23H32O2. The molecule has 5 aliphatic rings. The normalized spacial score (nSPS) is 48.0. The quantitative estimate of drug-likeness (QED) is 0.617. The van der Waals surface area contributed by atoms with E-state index in [1.807, 2.05) is 18.2 Å². The van der Waals surface area contributed by atoms with Crippen LogP contribution in [0.2, 0.25) is 0 Å². The monoisotopic (exact) mass is 340 g/mol. The summed E-state index contributed by atoms with van der Waals surface area (Å²) in [5, 5.41) is 0. The zero-order valence-electron chi connectivity index (χ0n) is 15.5. The van der Waals surface area contributed by atoms with Gasteiger partial charge in [0.2, 0.25) is 0 Å². The summed E-state index contributed by atoms with van der Waals surface area (Å²) >= 11 is 0. The van der Waals surface area contributed by atoms with Crippen molar-refractivity contribution in [1.29, 1.82) is 0 Å². The number of hydrogen-bond donors (Lipinski definition) is 0. The van der Waals surface area contributed by atoms with E-state index in [0.29, 0.717) is 5.41 Å². The molecular weight excluding hydrogens is 308 g/mol. The predicted molar refractivity (Wildman–Crippen MR) is 99.4 cm³/mol. The van der Waals surface area contributed by atoms with Crippen LogP contribution in [0, 0.1) is 35.0 Å². The van der Waals surface area contributed by atoms with Gasteiger partial charge in [-0.25, -0.2) is 0 Å². The van der Waals surface area contributed by atoms with Crippen molar-refractivity contribution in [1.82, 2.24) is 0 Å². The molecule has 3 fully saturated rings. The number of hydrogen-bond acceptors (Lipinski definition) is 2. The molecule has 25 heavy (non-hydrogen) atoms. The molecule has 0 bridgehead atoms. The standard InChI is InChI=1S/C23H32O2/c1-23-12-4-5-21(23)20-9-7-16-15-17(25-22-6-2-3-14-24-22)8-10-18(16)19(20)11-13-23/h2-3,6,8,14,16,18-22H,4-5,7,9-13,15H2,1H3/t16-,18-,19+,20+,21-,22?,23-/m0/s1. The first-order chi connectivity index (χ1) is 12.2. The van der Waals surface area contributed by atoms with E-state index >= 15 is 0 Å². The molecule has 1 aliphatic heterocycles. The third-order valence-electron chi connectivity index (χ3n) is 8.32. The average molecular weight is 341 g/mol.